The van der Waals surface area contributed by atoms with Crippen LogP contribution in [-0.4, -0.2) is 53.9 Å². The highest BCUT2D eigenvalue weighted by Gasteiger charge is 2.18. The van der Waals surface area contributed by atoms with Crippen molar-refractivity contribution >= 4 is 23.5 Å². The fourth-order valence-corrected chi connectivity index (χ4v) is 3.07. The van der Waals surface area contributed by atoms with Gasteiger partial charge in [-0.2, -0.15) is 0 Å². The monoisotopic (exact) mass is 381 g/mol. The van der Waals surface area contributed by atoms with E-state index in [0.29, 0.717) is 12.1 Å². The largest absolute Gasteiger partial charge is 0.354 e. The molecule has 0 radical (unpaired) electrons. The van der Waals surface area contributed by atoms with Crippen molar-refractivity contribution in [1.82, 2.24) is 15.2 Å². The summed E-state index contributed by atoms with van der Waals surface area (Å²) in [4.78, 5) is 31.8. The summed E-state index contributed by atoms with van der Waals surface area (Å²) in [6.07, 6.45) is 4.53. The van der Waals surface area contributed by atoms with E-state index in [0.717, 1.165) is 37.6 Å². The number of aromatic nitrogens is 1. The topological polar surface area (TPSA) is 91.6 Å². The molecule has 1 amide bonds. The summed E-state index contributed by atoms with van der Waals surface area (Å²) < 4.78 is 0. The zero-order valence-electron chi connectivity index (χ0n) is 15.7. The van der Waals surface area contributed by atoms with Crippen LogP contribution in [0.1, 0.15) is 11.1 Å². The Morgan fingerprint density at radius 1 is 1.21 bits per heavy atom. The van der Waals surface area contributed by atoms with Gasteiger partial charge in [-0.25, -0.2) is 4.98 Å². The van der Waals surface area contributed by atoms with Crippen molar-refractivity contribution < 1.29 is 9.72 Å². The van der Waals surface area contributed by atoms with Crippen molar-refractivity contribution in [3.63, 3.8) is 0 Å². The number of nitro groups is 1. The van der Waals surface area contributed by atoms with Gasteiger partial charge in [0.05, 0.1) is 10.5 Å². The van der Waals surface area contributed by atoms with Crippen LogP contribution in [0.2, 0.25) is 0 Å². The van der Waals surface area contributed by atoms with Gasteiger partial charge in [-0.3, -0.25) is 14.9 Å². The highest BCUT2D eigenvalue weighted by atomic mass is 16.6. The normalized spacial score (nSPS) is 15.0. The molecule has 1 aromatic heterocycles. The van der Waals surface area contributed by atoms with Crippen LogP contribution in [0.5, 0.6) is 0 Å². The molecule has 1 saturated heterocycles. The zero-order chi connectivity index (χ0) is 19.9. The number of benzene rings is 1. The Morgan fingerprint density at radius 2 is 1.96 bits per heavy atom. The van der Waals surface area contributed by atoms with E-state index in [4.69, 9.17) is 0 Å². The Kier molecular flexibility index (Phi) is 6.33. The van der Waals surface area contributed by atoms with Gasteiger partial charge in [-0.1, -0.05) is 18.2 Å². The number of para-hydroxylation sites is 1. The molecule has 2 aromatic rings. The van der Waals surface area contributed by atoms with E-state index in [1.165, 1.54) is 18.2 Å². The van der Waals surface area contributed by atoms with Crippen molar-refractivity contribution in [3.8, 4) is 0 Å². The molecule has 1 N–H and O–H groups in total. The van der Waals surface area contributed by atoms with E-state index in [1.54, 1.807) is 24.4 Å². The van der Waals surface area contributed by atoms with E-state index >= 15 is 0 Å². The number of carbonyl (C=O) groups is 1. The van der Waals surface area contributed by atoms with E-state index in [1.807, 2.05) is 12.1 Å². The second-order valence-electron chi connectivity index (χ2n) is 6.64. The Hall–Kier alpha value is -3.26. The van der Waals surface area contributed by atoms with E-state index in [9.17, 15) is 14.9 Å². The molecule has 1 aliphatic heterocycles. The van der Waals surface area contributed by atoms with E-state index < -0.39 is 4.92 Å². The van der Waals surface area contributed by atoms with Crippen LogP contribution in [-0.2, 0) is 11.3 Å². The molecule has 8 nitrogen and oxygen atoms in total. The number of hydrogen-bond acceptors (Lipinski definition) is 6. The van der Waals surface area contributed by atoms with Gasteiger partial charge in [-0.15, -0.1) is 0 Å². The number of amides is 1. The molecule has 146 valence electrons. The second kappa shape index (κ2) is 9.09. The van der Waals surface area contributed by atoms with Crippen LogP contribution in [0.25, 0.3) is 6.08 Å². The molecule has 0 bridgehead atoms. The number of likely N-dealkylation sites (N-methyl/N-ethyl adjacent to an activating group) is 1. The predicted molar refractivity (Wildman–Crippen MR) is 108 cm³/mol. The van der Waals surface area contributed by atoms with Crippen LogP contribution in [0, 0.1) is 10.1 Å². The molecule has 0 unspecified atom stereocenters. The average molecular weight is 381 g/mol. The van der Waals surface area contributed by atoms with Crippen molar-refractivity contribution in [1.29, 1.82) is 0 Å². The summed E-state index contributed by atoms with van der Waals surface area (Å²) in [6, 6.07) is 10.1. The van der Waals surface area contributed by atoms with Gasteiger partial charge < -0.3 is 15.1 Å². The molecule has 8 heteroatoms. The Balaban J connectivity index is 1.63. The van der Waals surface area contributed by atoms with Crippen LogP contribution in [0.15, 0.2) is 48.7 Å². The first-order valence-corrected chi connectivity index (χ1v) is 9.11. The first kappa shape index (κ1) is 19.5. The number of hydrogen-bond donors (Lipinski definition) is 1. The SMILES string of the molecule is CN1CCN(c2ncccc2CNC(=O)/C=C/c2ccccc2[N+](=O)[O-])CC1. The van der Waals surface area contributed by atoms with Gasteiger partial charge in [0.1, 0.15) is 5.82 Å². The van der Waals surface area contributed by atoms with Crippen LogP contribution in [0.3, 0.4) is 0 Å². The minimum absolute atomic E-state index is 0.0313. The summed E-state index contributed by atoms with van der Waals surface area (Å²) in [5, 5.41) is 13.9. The molecule has 0 saturated carbocycles. The van der Waals surface area contributed by atoms with Gasteiger partial charge in [0, 0.05) is 56.6 Å². The van der Waals surface area contributed by atoms with Gasteiger partial charge >= 0.3 is 0 Å². The lowest BCUT2D eigenvalue weighted by Crippen LogP contribution is -2.45. The number of carbonyl (C=O) groups excluding carboxylic acids is 1. The zero-order valence-corrected chi connectivity index (χ0v) is 15.7. The highest BCUT2D eigenvalue weighted by molar-refractivity contribution is 5.92. The van der Waals surface area contributed by atoms with Crippen molar-refractivity contribution in [2.45, 2.75) is 6.54 Å². The summed E-state index contributed by atoms with van der Waals surface area (Å²) in [5.41, 5.74) is 1.30. The van der Waals surface area contributed by atoms with Crippen molar-refractivity contribution in [3.05, 3.63) is 69.9 Å². The quantitative estimate of drug-likeness (QED) is 0.468. The van der Waals surface area contributed by atoms with Gasteiger partial charge in [0.2, 0.25) is 5.91 Å². The summed E-state index contributed by atoms with van der Waals surface area (Å²) >= 11 is 0. The summed E-state index contributed by atoms with van der Waals surface area (Å²) in [5.74, 6) is 0.574. The molecule has 1 aliphatic rings. The van der Waals surface area contributed by atoms with Crippen LogP contribution < -0.4 is 10.2 Å². The molecule has 2 heterocycles. The Morgan fingerprint density at radius 3 is 2.71 bits per heavy atom. The first-order valence-electron chi connectivity index (χ1n) is 9.11. The number of nitro benzene ring substituents is 1. The third kappa shape index (κ3) is 4.92. The lowest BCUT2D eigenvalue weighted by atomic mass is 10.1. The fourth-order valence-electron chi connectivity index (χ4n) is 3.07. The van der Waals surface area contributed by atoms with E-state index in [2.05, 4.69) is 27.1 Å². The molecule has 1 aromatic carbocycles. The maximum atomic E-state index is 12.2. The minimum atomic E-state index is -0.463. The third-order valence-electron chi connectivity index (χ3n) is 4.67. The van der Waals surface area contributed by atoms with Gasteiger partial charge in [0.15, 0.2) is 0 Å². The Bertz CT molecular complexity index is 876. The molecule has 28 heavy (non-hydrogen) atoms. The smallest absolute Gasteiger partial charge is 0.276 e. The fraction of sp³-hybridized carbons (Fsp3) is 0.300. The lowest BCUT2D eigenvalue weighted by molar-refractivity contribution is -0.385. The second-order valence-corrected chi connectivity index (χ2v) is 6.64. The summed E-state index contributed by atoms with van der Waals surface area (Å²) in [6.45, 7) is 4.08. The highest BCUT2D eigenvalue weighted by Crippen LogP contribution is 2.20. The lowest BCUT2D eigenvalue weighted by Gasteiger charge is -2.34. The minimum Gasteiger partial charge on any atom is -0.354 e. The number of nitrogens with zero attached hydrogens (tertiary/aromatic N) is 4. The number of rotatable bonds is 6. The molecular weight excluding hydrogens is 358 g/mol. The molecule has 0 aliphatic carbocycles. The Labute approximate surface area is 163 Å². The molecule has 3 rings (SSSR count). The van der Waals surface area contributed by atoms with Gasteiger partial charge in [-0.05, 0) is 25.3 Å². The number of piperazine rings is 1. The maximum absolute atomic E-state index is 12.2. The standard InChI is InChI=1S/C20H23N5O3/c1-23-11-13-24(14-12-23)20-17(6-4-10-21-20)15-22-19(26)9-8-16-5-2-3-7-18(16)25(27)28/h2-10H,11-15H2,1H3,(H,22,26)/b9-8+. The van der Waals surface area contributed by atoms with Crippen LogP contribution >= 0.6 is 0 Å². The number of pyridine rings is 1. The number of nitrogens with one attached hydrogen (secondary N) is 1. The van der Waals surface area contributed by atoms with Crippen molar-refractivity contribution in [2.24, 2.45) is 0 Å². The average Bonchev–Trinajstić information content (AvgIpc) is 2.71. The predicted octanol–water partition coefficient (Wildman–Crippen LogP) is 2.07. The molecule has 0 atom stereocenters. The summed E-state index contributed by atoms with van der Waals surface area (Å²) in [7, 11) is 2.10. The van der Waals surface area contributed by atoms with Crippen molar-refractivity contribution in [2.75, 3.05) is 38.1 Å². The third-order valence-corrected chi connectivity index (χ3v) is 4.67. The molecular formula is C20H23N5O3. The van der Waals surface area contributed by atoms with Gasteiger partial charge in [0.25, 0.3) is 5.69 Å². The molecule has 0 spiro atoms. The molecule has 1 fully saturated rings. The number of anilines is 1. The maximum Gasteiger partial charge on any atom is 0.276 e. The first-order chi connectivity index (χ1) is 13.5. The van der Waals surface area contributed by atoms with E-state index in [-0.39, 0.29) is 11.6 Å². The van der Waals surface area contributed by atoms with Crippen LogP contribution in [0.4, 0.5) is 11.5 Å².